The first-order valence-corrected chi connectivity index (χ1v) is 8.97. The van der Waals surface area contributed by atoms with Crippen molar-refractivity contribution in [2.24, 2.45) is 0 Å². The first-order valence-electron chi connectivity index (χ1n) is 8.97. The molecule has 1 aromatic rings. The van der Waals surface area contributed by atoms with Crippen LogP contribution in [-0.4, -0.2) is 59.2 Å². The summed E-state index contributed by atoms with van der Waals surface area (Å²) in [5.41, 5.74) is 0. The number of rotatable bonds is 11. The van der Waals surface area contributed by atoms with Gasteiger partial charge in [-0.05, 0) is 18.6 Å². The maximum Gasteiger partial charge on any atom is 0.137 e. The molecule has 2 rings (SSSR count). The number of quaternary nitrogens is 2. The molecule has 1 heterocycles. The fourth-order valence-electron chi connectivity index (χ4n) is 2.61. The Morgan fingerprint density at radius 2 is 1.83 bits per heavy atom. The standard InChI is InChI=1S/C18H30N2O3/c1-2-3-12-22-17-5-4-6-18(16-17)23-13-8-19-7-9-20-10-14-21-15-11-20/h4-6,16,19H,2-3,7-15H2,1H3/p+2. The van der Waals surface area contributed by atoms with Gasteiger partial charge in [-0.3, -0.25) is 0 Å². The molecule has 3 N–H and O–H groups in total. The first kappa shape index (κ1) is 18.0. The van der Waals surface area contributed by atoms with Crippen LogP contribution in [-0.2, 0) is 4.74 Å². The third kappa shape index (κ3) is 7.68. The summed E-state index contributed by atoms with van der Waals surface area (Å²) in [5.74, 6) is 1.79. The van der Waals surface area contributed by atoms with Gasteiger partial charge in [0.2, 0.25) is 0 Å². The topological polar surface area (TPSA) is 48.7 Å². The first-order chi connectivity index (χ1) is 11.4. The Hall–Kier alpha value is -1.30. The van der Waals surface area contributed by atoms with Crippen molar-refractivity contribution in [1.82, 2.24) is 0 Å². The van der Waals surface area contributed by atoms with Crippen molar-refractivity contribution in [3.63, 3.8) is 0 Å². The number of hydrogen-bond acceptors (Lipinski definition) is 3. The molecule has 0 bridgehead atoms. The molecule has 0 radical (unpaired) electrons. The molecular weight excluding hydrogens is 292 g/mol. The molecule has 5 nitrogen and oxygen atoms in total. The van der Waals surface area contributed by atoms with Gasteiger partial charge in [0.25, 0.3) is 0 Å². The summed E-state index contributed by atoms with van der Waals surface area (Å²) in [6, 6.07) is 7.94. The maximum absolute atomic E-state index is 5.81. The molecule has 0 spiro atoms. The van der Waals surface area contributed by atoms with Crippen LogP contribution in [0.15, 0.2) is 24.3 Å². The van der Waals surface area contributed by atoms with Gasteiger partial charge >= 0.3 is 0 Å². The van der Waals surface area contributed by atoms with Crippen LogP contribution < -0.4 is 19.7 Å². The number of hydrogen-bond donors (Lipinski definition) is 2. The van der Waals surface area contributed by atoms with Crippen LogP contribution in [0, 0.1) is 0 Å². The van der Waals surface area contributed by atoms with Crippen molar-refractivity contribution in [3.05, 3.63) is 24.3 Å². The average Bonchev–Trinajstić information content (AvgIpc) is 2.59. The molecule has 1 aliphatic heterocycles. The predicted molar refractivity (Wildman–Crippen MR) is 90.4 cm³/mol. The number of benzene rings is 1. The van der Waals surface area contributed by atoms with E-state index in [0.29, 0.717) is 0 Å². The van der Waals surface area contributed by atoms with Crippen molar-refractivity contribution in [3.8, 4) is 11.5 Å². The van der Waals surface area contributed by atoms with Gasteiger partial charge in [0.1, 0.15) is 50.8 Å². The lowest BCUT2D eigenvalue weighted by atomic mass is 10.3. The highest BCUT2D eigenvalue weighted by molar-refractivity contribution is 5.32. The normalized spacial score (nSPS) is 15.5. The van der Waals surface area contributed by atoms with Crippen LogP contribution in [0.1, 0.15) is 19.8 Å². The number of nitrogens with two attached hydrogens (primary N) is 1. The second kappa shape index (κ2) is 11.3. The fourth-order valence-corrected chi connectivity index (χ4v) is 2.61. The second-order valence-electron chi connectivity index (χ2n) is 6.00. The van der Waals surface area contributed by atoms with Crippen LogP contribution in [0.2, 0.25) is 0 Å². The summed E-state index contributed by atoms with van der Waals surface area (Å²) in [5, 5.41) is 2.34. The van der Waals surface area contributed by atoms with E-state index in [0.717, 1.165) is 76.9 Å². The lowest BCUT2D eigenvalue weighted by molar-refractivity contribution is -0.919. The largest absolute Gasteiger partial charge is 0.493 e. The molecule has 0 aliphatic carbocycles. The molecular formula is C18H32N2O3+2. The van der Waals surface area contributed by atoms with Crippen molar-refractivity contribution in [1.29, 1.82) is 0 Å². The van der Waals surface area contributed by atoms with Crippen molar-refractivity contribution in [2.45, 2.75) is 19.8 Å². The lowest BCUT2D eigenvalue weighted by Gasteiger charge is -2.22. The number of ether oxygens (including phenoxy) is 3. The summed E-state index contributed by atoms with van der Waals surface area (Å²) >= 11 is 0. The van der Waals surface area contributed by atoms with Crippen LogP contribution >= 0.6 is 0 Å². The van der Waals surface area contributed by atoms with E-state index in [1.165, 1.54) is 6.54 Å². The van der Waals surface area contributed by atoms with Gasteiger partial charge in [0, 0.05) is 6.07 Å². The van der Waals surface area contributed by atoms with Gasteiger partial charge in [0.15, 0.2) is 0 Å². The predicted octanol–water partition coefficient (Wildman–Crippen LogP) is -0.277. The van der Waals surface area contributed by atoms with Gasteiger partial charge < -0.3 is 24.4 Å². The summed E-state index contributed by atoms with van der Waals surface area (Å²) in [6.07, 6.45) is 2.24. The summed E-state index contributed by atoms with van der Waals surface area (Å²) in [6.45, 7) is 11.1. The van der Waals surface area contributed by atoms with E-state index in [4.69, 9.17) is 14.2 Å². The van der Waals surface area contributed by atoms with E-state index >= 15 is 0 Å². The van der Waals surface area contributed by atoms with Crippen molar-refractivity contribution >= 4 is 0 Å². The molecule has 1 saturated heterocycles. The zero-order valence-corrected chi connectivity index (χ0v) is 14.4. The molecule has 1 aromatic carbocycles. The van der Waals surface area contributed by atoms with Crippen molar-refractivity contribution in [2.75, 3.05) is 59.2 Å². The highest BCUT2D eigenvalue weighted by Gasteiger charge is 2.13. The molecule has 1 aliphatic rings. The van der Waals surface area contributed by atoms with Crippen LogP contribution in [0.4, 0.5) is 0 Å². The Morgan fingerprint density at radius 3 is 2.57 bits per heavy atom. The van der Waals surface area contributed by atoms with Crippen LogP contribution in [0.5, 0.6) is 11.5 Å². The summed E-state index contributed by atoms with van der Waals surface area (Å²) < 4.78 is 16.9. The number of morpholine rings is 1. The molecule has 0 aromatic heterocycles. The Bertz CT molecular complexity index is 422. The quantitative estimate of drug-likeness (QED) is 0.551. The zero-order chi connectivity index (χ0) is 16.2. The maximum atomic E-state index is 5.81. The second-order valence-corrected chi connectivity index (χ2v) is 6.00. The Labute approximate surface area is 139 Å². The molecule has 23 heavy (non-hydrogen) atoms. The zero-order valence-electron chi connectivity index (χ0n) is 14.4. The SMILES string of the molecule is CCCCOc1cccc(OCC[NH2+]CC[NH+]2CCOCC2)c1. The van der Waals surface area contributed by atoms with Gasteiger partial charge in [-0.25, -0.2) is 0 Å². The minimum atomic E-state index is 0.733. The Morgan fingerprint density at radius 1 is 1.09 bits per heavy atom. The highest BCUT2D eigenvalue weighted by Crippen LogP contribution is 2.19. The van der Waals surface area contributed by atoms with E-state index < -0.39 is 0 Å². The highest BCUT2D eigenvalue weighted by atomic mass is 16.5. The van der Waals surface area contributed by atoms with Crippen molar-refractivity contribution < 1.29 is 24.4 Å². The summed E-state index contributed by atoms with van der Waals surface area (Å²) in [7, 11) is 0. The molecule has 1 fully saturated rings. The molecule has 0 amide bonds. The smallest absolute Gasteiger partial charge is 0.137 e. The minimum absolute atomic E-state index is 0.733. The summed E-state index contributed by atoms with van der Waals surface area (Å²) in [4.78, 5) is 1.66. The molecule has 5 heteroatoms. The van der Waals surface area contributed by atoms with E-state index in [2.05, 4.69) is 12.2 Å². The molecule has 0 atom stereocenters. The van der Waals surface area contributed by atoms with Gasteiger partial charge in [-0.2, -0.15) is 0 Å². The third-order valence-corrected chi connectivity index (χ3v) is 4.06. The van der Waals surface area contributed by atoms with Gasteiger partial charge in [0.05, 0.1) is 19.8 Å². The van der Waals surface area contributed by atoms with Gasteiger partial charge in [-0.1, -0.05) is 19.4 Å². The molecule has 130 valence electrons. The Kier molecular flexibility index (Phi) is 8.84. The van der Waals surface area contributed by atoms with E-state index in [-0.39, 0.29) is 0 Å². The number of nitrogens with one attached hydrogen (secondary N) is 1. The number of unbranched alkanes of at least 4 members (excludes halogenated alkanes) is 1. The average molecular weight is 324 g/mol. The van der Waals surface area contributed by atoms with Gasteiger partial charge in [-0.15, -0.1) is 0 Å². The van der Waals surface area contributed by atoms with E-state index in [1.54, 1.807) is 4.90 Å². The van der Waals surface area contributed by atoms with E-state index in [1.807, 2.05) is 24.3 Å². The molecule has 0 unspecified atom stereocenters. The Balaban J connectivity index is 1.54. The van der Waals surface area contributed by atoms with E-state index in [9.17, 15) is 0 Å². The van der Waals surface area contributed by atoms with Crippen LogP contribution in [0.3, 0.4) is 0 Å². The fraction of sp³-hybridized carbons (Fsp3) is 0.667. The monoisotopic (exact) mass is 324 g/mol. The lowest BCUT2D eigenvalue weighted by Crippen LogP contribution is -3.16. The van der Waals surface area contributed by atoms with Crippen LogP contribution in [0.25, 0.3) is 0 Å². The third-order valence-electron chi connectivity index (χ3n) is 4.06. The minimum Gasteiger partial charge on any atom is -0.493 e. The molecule has 0 saturated carbocycles.